The molecular weight excluding hydrogens is 509 g/mol. The Balaban J connectivity index is 0.00000242. The van der Waals surface area contributed by atoms with E-state index in [2.05, 4.69) is 0 Å². The summed E-state index contributed by atoms with van der Waals surface area (Å²) in [5, 5.41) is 0. The van der Waals surface area contributed by atoms with Gasteiger partial charge in [-0.05, 0) is 35.4 Å². The fraction of sp³-hybridized carbons (Fsp3) is 0.250. The maximum Gasteiger partial charge on any atom is 0.201 e. The second-order valence-corrected chi connectivity index (χ2v) is 6.89. The van der Waals surface area contributed by atoms with E-state index in [9.17, 15) is 0 Å². The minimum absolute atomic E-state index is 0. The normalized spacial score (nSPS) is 11.0. The first-order chi connectivity index (χ1) is 9.95. The topological polar surface area (TPSA) is 18.5 Å². The largest absolute Gasteiger partial charge is 0.497 e. The van der Waals surface area contributed by atoms with Gasteiger partial charge < -0.3 is 9.47 Å². The molecule has 2 aromatic rings. The van der Waals surface area contributed by atoms with E-state index in [1.54, 1.807) is 14.2 Å². The molecule has 116 valence electrons. The van der Waals surface area contributed by atoms with E-state index in [0.717, 1.165) is 22.6 Å². The molecule has 0 aliphatic heterocycles. The number of halogens is 3. The Bertz CT molecular complexity index is 532. The van der Waals surface area contributed by atoms with Gasteiger partial charge in [-0.1, -0.05) is 59.1 Å². The average Bonchev–Trinajstić information content (AvgIpc) is 2.47. The third kappa shape index (κ3) is 4.89. The van der Waals surface area contributed by atoms with Gasteiger partial charge in [-0.25, -0.2) is 0 Å². The molecule has 0 unspecified atom stereocenters. The molecule has 0 aliphatic carbocycles. The van der Waals surface area contributed by atoms with E-state index in [4.69, 9.17) is 44.3 Å². The predicted octanol–water partition coefficient (Wildman–Crippen LogP) is 5.20. The molecule has 2 aromatic carbocycles. The van der Waals surface area contributed by atoms with Crippen molar-refractivity contribution in [3.63, 3.8) is 0 Å². The van der Waals surface area contributed by atoms with E-state index in [-0.39, 0.29) is 31.8 Å². The molecule has 0 atom stereocenters. The van der Waals surface area contributed by atoms with Crippen LogP contribution >= 0.6 is 34.8 Å². The molecule has 0 bridgehead atoms. The summed E-state index contributed by atoms with van der Waals surface area (Å²) in [4.78, 5) is 0. The number of alkyl halides is 3. The smallest absolute Gasteiger partial charge is 0.201 e. The van der Waals surface area contributed by atoms with Crippen molar-refractivity contribution in [2.45, 2.75) is 9.71 Å². The number of ether oxygens (including phenoxy) is 2. The van der Waals surface area contributed by atoms with Crippen LogP contribution in [-0.2, 0) is 25.8 Å². The van der Waals surface area contributed by atoms with E-state index >= 15 is 0 Å². The van der Waals surface area contributed by atoms with Gasteiger partial charge in [0.05, 0.1) is 20.1 Å². The van der Waals surface area contributed by atoms with Crippen LogP contribution in [0.3, 0.4) is 0 Å². The minimum atomic E-state index is -1.46. The second kappa shape index (κ2) is 8.58. The molecule has 6 heteroatoms. The van der Waals surface area contributed by atoms with Crippen molar-refractivity contribution < 1.29 is 35.3 Å². The average molecular weight is 524 g/mol. The number of hydrogen-bond donors (Lipinski definition) is 0. The Morgan fingerprint density at radius 1 is 0.727 bits per heavy atom. The summed E-state index contributed by atoms with van der Waals surface area (Å²) < 4.78 is 8.85. The van der Waals surface area contributed by atoms with Gasteiger partial charge in [0, 0.05) is 25.8 Å². The zero-order valence-electron chi connectivity index (χ0n) is 12.1. The quantitative estimate of drug-likeness (QED) is 0.405. The van der Waals surface area contributed by atoms with Crippen molar-refractivity contribution in [2.75, 3.05) is 14.2 Å². The van der Waals surface area contributed by atoms with Crippen LogP contribution in [0.4, 0.5) is 0 Å². The molecule has 2 rings (SSSR count). The van der Waals surface area contributed by atoms with Crippen molar-refractivity contribution in [1.29, 1.82) is 0 Å². The Labute approximate surface area is 164 Å². The Morgan fingerprint density at radius 2 is 1.05 bits per heavy atom. The number of rotatable bonds is 4. The molecule has 0 saturated heterocycles. The van der Waals surface area contributed by atoms with Gasteiger partial charge >= 0.3 is 0 Å². The van der Waals surface area contributed by atoms with Crippen molar-refractivity contribution in [2.24, 2.45) is 0 Å². The summed E-state index contributed by atoms with van der Waals surface area (Å²) in [7, 11) is 3.23. The van der Waals surface area contributed by atoms with Gasteiger partial charge in [0.15, 0.2) is 0 Å². The molecule has 22 heavy (non-hydrogen) atoms. The molecule has 0 fully saturated rings. The summed E-state index contributed by atoms with van der Waals surface area (Å²) in [5.74, 6) is 1.15. The maximum atomic E-state index is 6.18. The van der Waals surface area contributed by atoms with Crippen molar-refractivity contribution in [3.05, 3.63) is 59.7 Å². The van der Waals surface area contributed by atoms with Gasteiger partial charge in [-0.15, -0.1) is 0 Å². The van der Waals surface area contributed by atoms with Gasteiger partial charge in [-0.2, -0.15) is 0 Å². The van der Waals surface area contributed by atoms with Gasteiger partial charge in [0.25, 0.3) is 0 Å². The van der Waals surface area contributed by atoms with Crippen molar-refractivity contribution in [1.82, 2.24) is 0 Å². The molecule has 0 amide bonds. The SMILES string of the molecule is COc1ccc(C(c2ccc(OC)cc2)C(Cl)(Cl)Cl)cc1.[Hf]. The molecule has 0 saturated carbocycles. The molecule has 0 N–H and O–H groups in total. The number of methoxy groups -OCH3 is 2. The molecule has 0 spiro atoms. The van der Waals surface area contributed by atoms with E-state index in [0.29, 0.717) is 0 Å². The summed E-state index contributed by atoms with van der Waals surface area (Å²) in [6, 6.07) is 15.0. The van der Waals surface area contributed by atoms with Crippen LogP contribution < -0.4 is 9.47 Å². The monoisotopic (exact) mass is 524 g/mol. The summed E-state index contributed by atoms with van der Waals surface area (Å²) in [5.41, 5.74) is 1.81. The van der Waals surface area contributed by atoms with Crippen molar-refractivity contribution >= 4 is 34.8 Å². The van der Waals surface area contributed by atoms with Crippen LogP contribution in [0.25, 0.3) is 0 Å². The summed E-state index contributed by atoms with van der Waals surface area (Å²) in [6.07, 6.45) is 0. The Kier molecular flexibility index (Phi) is 7.73. The fourth-order valence-electron chi connectivity index (χ4n) is 2.16. The molecule has 0 aliphatic rings. The standard InChI is InChI=1S/C16H15Cl3O2.Hf/c1-20-13-7-3-11(4-8-13)15(16(17,18)19)12-5-9-14(21-2)10-6-12;/h3-10,15H,1-2H3;. The zero-order chi connectivity index (χ0) is 15.5. The van der Waals surface area contributed by atoms with Gasteiger partial charge in [0.1, 0.15) is 11.5 Å². The van der Waals surface area contributed by atoms with Crippen molar-refractivity contribution in [3.8, 4) is 11.5 Å². The van der Waals surface area contributed by atoms with Crippen LogP contribution in [0.1, 0.15) is 17.0 Å². The van der Waals surface area contributed by atoms with Crippen LogP contribution in [-0.4, -0.2) is 18.0 Å². The van der Waals surface area contributed by atoms with Crippen LogP contribution in [0.2, 0.25) is 0 Å². The van der Waals surface area contributed by atoms with Gasteiger partial charge in [0.2, 0.25) is 3.79 Å². The van der Waals surface area contributed by atoms with E-state index < -0.39 is 3.79 Å². The minimum Gasteiger partial charge on any atom is -0.497 e. The molecule has 0 heterocycles. The maximum absolute atomic E-state index is 6.18. The van der Waals surface area contributed by atoms with Gasteiger partial charge in [-0.3, -0.25) is 0 Å². The molecule has 0 aromatic heterocycles. The summed E-state index contributed by atoms with van der Waals surface area (Å²) >= 11 is 18.6. The van der Waals surface area contributed by atoms with E-state index in [1.165, 1.54) is 0 Å². The molecule has 2 nitrogen and oxygen atoms in total. The number of hydrogen-bond acceptors (Lipinski definition) is 2. The van der Waals surface area contributed by atoms with E-state index in [1.807, 2.05) is 48.5 Å². The Morgan fingerprint density at radius 3 is 1.27 bits per heavy atom. The summed E-state index contributed by atoms with van der Waals surface area (Å²) in [6.45, 7) is 0. The number of benzene rings is 2. The van der Waals surface area contributed by atoms with Crippen LogP contribution in [0.15, 0.2) is 48.5 Å². The fourth-order valence-corrected chi connectivity index (χ4v) is 2.92. The first-order valence-corrected chi connectivity index (χ1v) is 7.43. The molecular formula is C16H15Cl3HfO2. The Hall–Kier alpha value is -0.220. The van der Waals surface area contributed by atoms with Crippen LogP contribution in [0, 0.1) is 0 Å². The predicted molar refractivity (Wildman–Crippen MR) is 88.1 cm³/mol. The molecule has 0 radical (unpaired) electrons. The zero-order valence-corrected chi connectivity index (χ0v) is 18.0. The first-order valence-electron chi connectivity index (χ1n) is 6.30. The van der Waals surface area contributed by atoms with Crippen LogP contribution in [0.5, 0.6) is 11.5 Å². The first kappa shape index (κ1) is 19.8. The third-order valence-corrected chi connectivity index (χ3v) is 3.88. The second-order valence-electron chi connectivity index (χ2n) is 4.52. The third-order valence-electron chi connectivity index (χ3n) is 3.23.